The first-order chi connectivity index (χ1) is 13.8. The van der Waals surface area contributed by atoms with E-state index in [4.69, 9.17) is 0 Å². The van der Waals surface area contributed by atoms with Gasteiger partial charge in [-0.15, -0.1) is 0 Å². The lowest BCUT2D eigenvalue weighted by Gasteiger charge is -2.16. The summed E-state index contributed by atoms with van der Waals surface area (Å²) in [6.07, 6.45) is -0.102. The summed E-state index contributed by atoms with van der Waals surface area (Å²) < 4.78 is 0. The van der Waals surface area contributed by atoms with Gasteiger partial charge in [0.05, 0.1) is 5.57 Å². The summed E-state index contributed by atoms with van der Waals surface area (Å²) in [5, 5.41) is 41.2. The molecule has 0 aromatic heterocycles. The van der Waals surface area contributed by atoms with Crippen LogP contribution in [0.1, 0.15) is 21.5 Å². The van der Waals surface area contributed by atoms with Crippen molar-refractivity contribution in [3.8, 4) is 5.75 Å². The molecule has 0 fully saturated rings. The Morgan fingerprint density at radius 3 is 2.14 bits per heavy atom. The van der Waals surface area contributed by atoms with Crippen LogP contribution >= 0.6 is 0 Å². The number of benzene rings is 3. The first kappa shape index (κ1) is 19.7. The predicted octanol–water partition coefficient (Wildman–Crippen LogP) is 4.40. The largest absolute Gasteiger partial charge is 0.507 e. The van der Waals surface area contributed by atoms with Gasteiger partial charge in [0, 0.05) is 17.6 Å². The van der Waals surface area contributed by atoms with Crippen LogP contribution in [-0.4, -0.2) is 32.4 Å². The summed E-state index contributed by atoms with van der Waals surface area (Å²) >= 11 is 0. The second-order valence-electron chi connectivity index (χ2n) is 6.43. The maximum atomic E-state index is 11.6. The number of fused-ring (bicyclic) bond motifs is 1. The minimum Gasteiger partial charge on any atom is -0.507 e. The van der Waals surface area contributed by atoms with Crippen LogP contribution in [0.4, 0.5) is 0 Å². The van der Waals surface area contributed by atoms with Crippen molar-refractivity contribution in [2.24, 2.45) is 0 Å². The number of aromatic hydroxyl groups is 1. The minimum atomic E-state index is -1.38. The fourth-order valence-corrected chi connectivity index (χ4v) is 3.18. The average Bonchev–Trinajstić information content (AvgIpc) is 2.72. The van der Waals surface area contributed by atoms with Crippen LogP contribution < -0.4 is 0 Å². The lowest BCUT2D eigenvalue weighted by molar-refractivity contribution is -0.132. The molecule has 3 aromatic rings. The van der Waals surface area contributed by atoms with Crippen molar-refractivity contribution in [2.75, 3.05) is 0 Å². The molecule has 3 rings (SSSR count). The molecule has 0 aliphatic rings. The second kappa shape index (κ2) is 7.90. The Labute approximate surface area is 166 Å². The van der Waals surface area contributed by atoms with Crippen LogP contribution in [0.5, 0.6) is 5.75 Å². The van der Waals surface area contributed by atoms with E-state index in [0.29, 0.717) is 16.3 Å². The second-order valence-corrected chi connectivity index (χ2v) is 6.43. The Hall–Kier alpha value is -4.06. The zero-order valence-corrected chi connectivity index (χ0v) is 15.3. The van der Waals surface area contributed by atoms with Gasteiger partial charge in [0.25, 0.3) is 0 Å². The van der Waals surface area contributed by atoms with Crippen molar-refractivity contribution in [3.05, 3.63) is 95.3 Å². The Bertz CT molecular complexity index is 1160. The molecular weight excluding hydrogens is 372 g/mol. The highest BCUT2D eigenvalue weighted by Gasteiger charge is 2.22. The first-order valence-corrected chi connectivity index (χ1v) is 8.68. The minimum absolute atomic E-state index is 0.102. The quantitative estimate of drug-likeness (QED) is 0.282. The first-order valence-electron chi connectivity index (χ1n) is 8.68. The van der Waals surface area contributed by atoms with Gasteiger partial charge in [-0.2, -0.15) is 0 Å². The lowest BCUT2D eigenvalue weighted by Crippen LogP contribution is -2.07. The standard InChI is InChI=1S/C23H18O6/c1-13(22(26)27)20(24)17(14-7-3-2-4-8-14)12-18-16-10-6-5-9-15(16)11-19(21(18)25)23(28)29/h2-11,24-25H,1,12H2,(H,26,27)(H,28,29)/b20-17+. The van der Waals surface area contributed by atoms with E-state index >= 15 is 0 Å². The van der Waals surface area contributed by atoms with Crippen LogP contribution in [0, 0.1) is 0 Å². The maximum absolute atomic E-state index is 11.6. The molecule has 0 heterocycles. The molecule has 0 saturated carbocycles. The molecule has 6 nitrogen and oxygen atoms in total. The summed E-state index contributed by atoms with van der Waals surface area (Å²) in [6, 6.07) is 16.9. The van der Waals surface area contributed by atoms with Gasteiger partial charge in [-0.1, -0.05) is 61.2 Å². The number of aliphatic hydroxyl groups excluding tert-OH is 1. The molecule has 0 bridgehead atoms. The van der Waals surface area contributed by atoms with Crippen LogP contribution in [0.2, 0.25) is 0 Å². The van der Waals surface area contributed by atoms with Gasteiger partial charge in [0.2, 0.25) is 0 Å². The Kier molecular flexibility index (Phi) is 5.36. The molecule has 0 unspecified atom stereocenters. The molecule has 0 amide bonds. The van der Waals surface area contributed by atoms with E-state index in [1.165, 1.54) is 6.07 Å². The van der Waals surface area contributed by atoms with Gasteiger partial charge in [0.15, 0.2) is 0 Å². The van der Waals surface area contributed by atoms with Crippen molar-refractivity contribution in [2.45, 2.75) is 6.42 Å². The van der Waals surface area contributed by atoms with Crippen molar-refractivity contribution in [1.82, 2.24) is 0 Å². The van der Waals surface area contributed by atoms with E-state index < -0.39 is 29.0 Å². The molecule has 0 aliphatic heterocycles. The Morgan fingerprint density at radius 1 is 0.897 bits per heavy atom. The number of phenols is 1. The van der Waals surface area contributed by atoms with Crippen LogP contribution in [0.3, 0.4) is 0 Å². The molecule has 0 atom stereocenters. The number of hydrogen-bond donors (Lipinski definition) is 4. The van der Waals surface area contributed by atoms with Gasteiger partial charge >= 0.3 is 11.9 Å². The number of carboxylic acids is 2. The van der Waals surface area contributed by atoms with E-state index in [1.54, 1.807) is 54.6 Å². The number of carboxylic acid groups (broad SMARTS) is 2. The van der Waals surface area contributed by atoms with Crippen molar-refractivity contribution in [1.29, 1.82) is 0 Å². The molecule has 6 heteroatoms. The third kappa shape index (κ3) is 3.82. The normalized spacial score (nSPS) is 11.7. The van der Waals surface area contributed by atoms with E-state index in [2.05, 4.69) is 6.58 Å². The highest BCUT2D eigenvalue weighted by Crippen LogP contribution is 2.36. The third-order valence-corrected chi connectivity index (χ3v) is 4.66. The molecular formula is C23H18O6. The van der Waals surface area contributed by atoms with Crippen molar-refractivity contribution in [3.63, 3.8) is 0 Å². The van der Waals surface area contributed by atoms with E-state index in [1.807, 2.05) is 0 Å². The molecule has 146 valence electrons. The fourth-order valence-electron chi connectivity index (χ4n) is 3.18. The van der Waals surface area contributed by atoms with E-state index in [-0.39, 0.29) is 23.1 Å². The molecule has 0 spiro atoms. The Morgan fingerprint density at radius 2 is 1.52 bits per heavy atom. The van der Waals surface area contributed by atoms with Gasteiger partial charge < -0.3 is 20.4 Å². The summed E-state index contributed by atoms with van der Waals surface area (Å²) in [4.78, 5) is 22.9. The zero-order chi connectivity index (χ0) is 21.1. The van der Waals surface area contributed by atoms with E-state index in [0.717, 1.165) is 0 Å². The molecule has 4 N–H and O–H groups in total. The number of hydrogen-bond acceptors (Lipinski definition) is 4. The smallest absolute Gasteiger partial charge is 0.339 e. The van der Waals surface area contributed by atoms with Crippen molar-refractivity contribution >= 4 is 28.3 Å². The summed E-state index contributed by atoms with van der Waals surface area (Å²) in [5.41, 5.74) is 0.228. The molecule has 0 saturated heterocycles. The monoisotopic (exact) mass is 390 g/mol. The summed E-state index contributed by atoms with van der Waals surface area (Å²) in [7, 11) is 0. The summed E-state index contributed by atoms with van der Waals surface area (Å²) in [6.45, 7) is 3.41. The number of aliphatic hydroxyl groups is 1. The number of rotatable bonds is 6. The summed E-state index contributed by atoms with van der Waals surface area (Å²) in [5.74, 6) is -3.64. The number of aromatic carboxylic acids is 1. The van der Waals surface area contributed by atoms with Crippen LogP contribution in [-0.2, 0) is 11.2 Å². The highest BCUT2D eigenvalue weighted by atomic mass is 16.4. The lowest BCUT2D eigenvalue weighted by atomic mass is 9.90. The third-order valence-electron chi connectivity index (χ3n) is 4.66. The number of allylic oxidation sites excluding steroid dienone is 1. The van der Waals surface area contributed by atoms with Crippen molar-refractivity contribution < 1.29 is 30.0 Å². The highest BCUT2D eigenvalue weighted by molar-refractivity contribution is 6.01. The zero-order valence-electron chi connectivity index (χ0n) is 15.3. The molecule has 0 aliphatic carbocycles. The number of carbonyl (C=O) groups is 2. The SMILES string of the molecule is C=C(C(=O)O)/C(O)=C(/Cc1c(O)c(C(=O)O)cc2ccccc12)c1ccccc1. The van der Waals surface area contributed by atoms with Gasteiger partial charge in [-0.3, -0.25) is 0 Å². The maximum Gasteiger partial charge on any atom is 0.339 e. The molecule has 3 aromatic carbocycles. The van der Waals surface area contributed by atoms with Gasteiger partial charge in [-0.25, -0.2) is 9.59 Å². The number of aliphatic carboxylic acids is 1. The van der Waals surface area contributed by atoms with Gasteiger partial charge in [-0.05, 0) is 22.4 Å². The molecule has 0 radical (unpaired) electrons. The van der Waals surface area contributed by atoms with Gasteiger partial charge in [0.1, 0.15) is 17.1 Å². The molecule has 29 heavy (non-hydrogen) atoms. The Balaban J connectivity index is 2.29. The van der Waals surface area contributed by atoms with E-state index in [9.17, 15) is 30.0 Å². The topological polar surface area (TPSA) is 115 Å². The average molecular weight is 390 g/mol. The van der Waals surface area contributed by atoms with Crippen LogP contribution in [0.25, 0.3) is 16.3 Å². The fraction of sp³-hybridized carbons (Fsp3) is 0.0435. The van der Waals surface area contributed by atoms with Crippen LogP contribution in [0.15, 0.2) is 78.6 Å². The predicted molar refractivity (Wildman–Crippen MR) is 109 cm³/mol.